The van der Waals surface area contributed by atoms with E-state index in [4.69, 9.17) is 33.2 Å². The Morgan fingerprint density at radius 1 is 0.421 bits per heavy atom. The standard InChI is InChI=1S/C21H36O2.C20H32O3.C18H30O3.C16H28O2.C12H24O2.4C2H6/c1-8-18(3,4)17(22)23-20(7)11-12-21-13-16(20)19(5,6)15(21)10-9-14(21)2;1-5-20(3,4)19(21)23-11(2)22-16-10-14-9-15(16)18-13-7-6-12(8-13)17(14)18;1-5-17(3,4)16(19)20-12(2)21-18-9-13-6-14(10-18)8-15(7-13)11-18;1-6-15(2,3)14(17)18-16(4,5)13-10-11-7-8-12(13)9-11;1-8-11(4,5)10(13)14-12(6,7)9(2)3;4*1-2/h14-16H,8-13H2,1-7H3;11-18H,5-10H2,1-4H3;12-15H,5-11H2,1-4H3;11-13H,6-10H2,1-5H3;9H,8H2,1-7H3;4*1-2H3. The Morgan fingerprint density at radius 3 is 1.31 bits per heavy atom. The first-order valence-electron chi connectivity index (χ1n) is 45.1. The minimum atomic E-state index is -0.418. The number of hydrogen-bond acceptors (Lipinski definition) is 12. The van der Waals surface area contributed by atoms with E-state index in [1.165, 1.54) is 122 Å². The van der Waals surface area contributed by atoms with Gasteiger partial charge in [0.15, 0.2) is 6.29 Å². The second-order valence-corrected chi connectivity index (χ2v) is 40.9. The highest BCUT2D eigenvalue weighted by molar-refractivity contribution is 5.78. The third kappa shape index (κ3) is 22.2. The number of carbonyl (C=O) groups is 5. The number of esters is 5. The lowest BCUT2D eigenvalue weighted by Crippen LogP contribution is -2.53. The second-order valence-electron chi connectivity index (χ2n) is 40.9. The Kier molecular flexibility index (Phi) is 34.9. The topological polar surface area (TPSA) is 150 Å². The van der Waals surface area contributed by atoms with Crippen molar-refractivity contribution in [1.82, 2.24) is 0 Å². The first-order valence-corrected chi connectivity index (χ1v) is 45.1. The molecule has 0 aromatic rings. The van der Waals surface area contributed by atoms with Gasteiger partial charge in [0.25, 0.3) is 0 Å². The molecule has 13 saturated carbocycles. The average Bonchev–Trinajstić information content (AvgIpc) is 1.50. The molecular weight excluding hydrogens is 1330 g/mol. The molecule has 12 heteroatoms. The van der Waals surface area contributed by atoms with Crippen molar-refractivity contribution in [2.24, 2.45) is 133 Å². The summed E-state index contributed by atoms with van der Waals surface area (Å²) in [5.74, 6) is 12.5. The van der Waals surface area contributed by atoms with Gasteiger partial charge in [0.2, 0.25) is 6.29 Å². The fourth-order valence-electron chi connectivity index (χ4n) is 22.2. The molecule has 107 heavy (non-hydrogen) atoms. The molecule has 12 bridgehead atoms. The van der Waals surface area contributed by atoms with E-state index in [0.29, 0.717) is 29.3 Å². The van der Waals surface area contributed by atoms with Crippen LogP contribution in [0.15, 0.2) is 0 Å². The molecule has 1 spiro atoms. The normalized spacial score (nSPS) is 34.4. The maximum absolute atomic E-state index is 12.7. The van der Waals surface area contributed by atoms with Crippen LogP contribution in [0.2, 0.25) is 0 Å². The van der Waals surface area contributed by atoms with Gasteiger partial charge in [-0.2, -0.15) is 0 Å². The molecule has 0 saturated heterocycles. The minimum absolute atomic E-state index is 0.000595. The number of rotatable bonds is 21. The molecule has 13 fully saturated rings. The zero-order valence-corrected chi connectivity index (χ0v) is 76.5. The van der Waals surface area contributed by atoms with Crippen LogP contribution >= 0.6 is 0 Å². The van der Waals surface area contributed by atoms with Crippen molar-refractivity contribution >= 4 is 29.8 Å². The molecule has 0 aromatic carbocycles. The van der Waals surface area contributed by atoms with Crippen LogP contribution in [0.4, 0.5) is 0 Å². The predicted octanol–water partition coefficient (Wildman–Crippen LogP) is 26.0. The minimum Gasteiger partial charge on any atom is -0.459 e. The average molecular weight is 1510 g/mol. The fraction of sp³-hybridized carbons (Fsp3) is 0.947. The van der Waals surface area contributed by atoms with E-state index in [2.05, 4.69) is 62.3 Å². The lowest BCUT2D eigenvalue weighted by atomic mass is 9.54. The highest BCUT2D eigenvalue weighted by Crippen LogP contribution is 2.74. The second kappa shape index (κ2) is 38.6. The summed E-state index contributed by atoms with van der Waals surface area (Å²) in [5, 5.41) is 0. The molecule has 13 rings (SSSR count). The van der Waals surface area contributed by atoms with Crippen LogP contribution in [0.25, 0.3) is 0 Å². The van der Waals surface area contributed by atoms with Crippen molar-refractivity contribution in [2.75, 3.05) is 0 Å². The van der Waals surface area contributed by atoms with E-state index in [1.807, 2.05) is 180 Å². The first kappa shape index (κ1) is 96.6. The monoisotopic (exact) mass is 1510 g/mol. The van der Waals surface area contributed by atoms with Gasteiger partial charge in [-0.25, -0.2) is 0 Å². The van der Waals surface area contributed by atoms with Gasteiger partial charge < -0.3 is 33.2 Å². The third-order valence-corrected chi connectivity index (χ3v) is 31.0. The Hall–Kier alpha value is -2.73. The lowest BCUT2D eigenvalue weighted by Gasteiger charge is -2.56. The van der Waals surface area contributed by atoms with E-state index in [0.717, 1.165) is 115 Å². The predicted molar refractivity (Wildman–Crippen MR) is 442 cm³/mol. The van der Waals surface area contributed by atoms with E-state index >= 15 is 0 Å². The van der Waals surface area contributed by atoms with Gasteiger partial charge >= 0.3 is 29.8 Å². The molecule has 0 aliphatic heterocycles. The van der Waals surface area contributed by atoms with Crippen molar-refractivity contribution < 1.29 is 57.1 Å². The maximum Gasteiger partial charge on any atom is 0.313 e. The van der Waals surface area contributed by atoms with Crippen molar-refractivity contribution in [3.63, 3.8) is 0 Å². The summed E-state index contributed by atoms with van der Waals surface area (Å²) in [4.78, 5) is 61.2. The highest BCUT2D eigenvalue weighted by atomic mass is 16.7. The van der Waals surface area contributed by atoms with Crippen molar-refractivity contribution in [2.45, 2.75) is 444 Å². The van der Waals surface area contributed by atoms with Gasteiger partial charge in [0, 0.05) is 11.8 Å². The molecule has 626 valence electrons. The molecule has 13 aliphatic carbocycles. The quantitative estimate of drug-likeness (QED) is 0.0466. The molecule has 13 aliphatic rings. The van der Waals surface area contributed by atoms with E-state index in [1.54, 1.807) is 0 Å². The molecule has 0 aromatic heterocycles. The van der Waals surface area contributed by atoms with Gasteiger partial charge in [-0.3, -0.25) is 24.0 Å². The number of hydrogen-bond donors (Lipinski definition) is 0. The van der Waals surface area contributed by atoms with Crippen molar-refractivity contribution in [1.29, 1.82) is 0 Å². The van der Waals surface area contributed by atoms with Gasteiger partial charge in [-0.1, -0.05) is 131 Å². The smallest absolute Gasteiger partial charge is 0.313 e. The molecule has 0 amide bonds. The van der Waals surface area contributed by atoms with Crippen LogP contribution in [-0.2, 0) is 57.1 Å². The van der Waals surface area contributed by atoms with Crippen molar-refractivity contribution in [3.8, 4) is 0 Å². The van der Waals surface area contributed by atoms with Crippen LogP contribution in [0, 0.1) is 133 Å². The largest absolute Gasteiger partial charge is 0.459 e. The third-order valence-electron chi connectivity index (χ3n) is 31.0. The van der Waals surface area contributed by atoms with Crippen LogP contribution in [0.5, 0.6) is 0 Å². The maximum atomic E-state index is 12.7. The first-order chi connectivity index (χ1) is 49.6. The fourth-order valence-corrected chi connectivity index (χ4v) is 22.2. The van der Waals surface area contributed by atoms with Gasteiger partial charge in [-0.15, -0.1) is 0 Å². The Labute approximate surface area is 660 Å². The summed E-state index contributed by atoms with van der Waals surface area (Å²) < 4.78 is 41.4. The zero-order valence-electron chi connectivity index (χ0n) is 76.5. The Balaban J connectivity index is 0.000000279. The van der Waals surface area contributed by atoms with Crippen LogP contribution in [0.3, 0.4) is 0 Å². The summed E-state index contributed by atoms with van der Waals surface area (Å²) in [6, 6.07) is 0. The Morgan fingerprint density at radius 2 is 0.860 bits per heavy atom. The van der Waals surface area contributed by atoms with Gasteiger partial charge in [-0.05, 0) is 365 Å². The van der Waals surface area contributed by atoms with E-state index in [9.17, 15) is 24.0 Å². The van der Waals surface area contributed by atoms with Crippen LogP contribution in [-0.4, -0.2) is 70.9 Å². The van der Waals surface area contributed by atoms with Gasteiger partial charge in [0.05, 0.1) is 38.8 Å². The van der Waals surface area contributed by atoms with Crippen LogP contribution < -0.4 is 0 Å². The molecule has 12 nitrogen and oxygen atoms in total. The summed E-state index contributed by atoms with van der Waals surface area (Å²) in [6.07, 6.45) is 30.0. The van der Waals surface area contributed by atoms with Gasteiger partial charge in [0.1, 0.15) is 16.8 Å². The van der Waals surface area contributed by atoms with E-state index < -0.39 is 23.4 Å². The summed E-state index contributed by atoms with van der Waals surface area (Å²) in [7, 11) is 0. The Bertz CT molecular complexity index is 2750. The van der Waals surface area contributed by atoms with Crippen LogP contribution in [0.1, 0.15) is 403 Å². The molecule has 17 unspecified atom stereocenters. The molecule has 17 atom stereocenters. The van der Waals surface area contributed by atoms with E-state index in [-0.39, 0.29) is 73.9 Å². The van der Waals surface area contributed by atoms with Crippen molar-refractivity contribution in [3.05, 3.63) is 0 Å². The zero-order chi connectivity index (χ0) is 82.0. The summed E-state index contributed by atoms with van der Waals surface area (Å²) in [6.45, 7) is 71.4. The highest BCUT2D eigenvalue weighted by Gasteiger charge is 2.69. The number of carbonyl (C=O) groups excluding carboxylic acids is 5. The molecule has 0 heterocycles. The lowest BCUT2D eigenvalue weighted by molar-refractivity contribution is -0.248. The number of fused-ring (bicyclic) bond motifs is 12. The number of ether oxygens (including phenoxy) is 7. The summed E-state index contributed by atoms with van der Waals surface area (Å²) in [5.41, 5.74) is -2.04. The molecule has 0 N–H and O–H groups in total. The summed E-state index contributed by atoms with van der Waals surface area (Å²) >= 11 is 0. The molecular formula is C95H174O12. The molecule has 0 radical (unpaired) electrons. The SMILES string of the molecule is CC.CC.CC.CC.CCC(C)(C)C(=O)OC(C)(C)C(C)C.CCC(C)(C)C(=O)OC(C)(C)C1CC2CCC1C2.CCC(C)(C)C(=O)OC(C)OC12CC3CC(CC(C3)C1)C2.CCC(C)(C)C(=O)OC(C)OC1CC2CC1C1C3CCC(C3)C21.CCC(C)(C)C(=O)OC1(C)CCC23CC1C(C)(C)C2CCC3C.